The Morgan fingerprint density at radius 2 is 1.56 bits per heavy atom. The number of carbonyl (C=O) groups excluding carboxylic acids is 2. The second-order valence-electron chi connectivity index (χ2n) is 9.76. The topological polar surface area (TPSA) is 86.8 Å². The zero-order valence-electron chi connectivity index (χ0n) is 22.9. The molecule has 0 fully saturated rings. The van der Waals surface area contributed by atoms with Gasteiger partial charge < -0.3 is 10.2 Å². The van der Waals surface area contributed by atoms with Crippen LogP contribution >= 0.6 is 11.6 Å². The van der Waals surface area contributed by atoms with Gasteiger partial charge in [-0.15, -0.1) is 0 Å². The average Bonchev–Trinajstić information content (AvgIpc) is 2.87. The van der Waals surface area contributed by atoms with Crippen molar-refractivity contribution in [1.29, 1.82) is 0 Å². The predicted octanol–water partition coefficient (Wildman–Crippen LogP) is 4.89. The van der Waals surface area contributed by atoms with Crippen molar-refractivity contribution in [1.82, 2.24) is 10.2 Å². The van der Waals surface area contributed by atoms with Crippen LogP contribution in [0.2, 0.25) is 5.02 Å². The molecule has 3 aromatic rings. The minimum Gasteiger partial charge on any atom is -0.357 e. The largest absolute Gasteiger partial charge is 0.357 e. The maximum atomic E-state index is 13.7. The standard InChI is InChI=1S/C30H36ClN3O4S/c1-22-16-23(2)18-27(17-22)34(39(4,37)38)15-9-14-29(35)33(21-25-12-8-13-26(31)19-25)28(30(36)32-3)20-24-10-6-5-7-11-24/h5-8,10-13,16-19,28H,9,14-15,20-21H2,1-4H3,(H,32,36)/t28-/m0/s1. The lowest BCUT2D eigenvalue weighted by Gasteiger charge is -2.31. The van der Waals surface area contributed by atoms with Crippen LogP contribution in [-0.2, 0) is 32.6 Å². The molecule has 0 aromatic heterocycles. The van der Waals surface area contributed by atoms with Crippen LogP contribution in [0.3, 0.4) is 0 Å². The number of rotatable bonds is 12. The Bertz CT molecular complexity index is 1380. The van der Waals surface area contributed by atoms with E-state index in [1.165, 1.54) is 10.6 Å². The van der Waals surface area contributed by atoms with E-state index in [0.717, 1.165) is 22.3 Å². The average molecular weight is 570 g/mol. The van der Waals surface area contributed by atoms with Crippen molar-refractivity contribution in [3.63, 3.8) is 0 Å². The summed E-state index contributed by atoms with van der Waals surface area (Å²) in [4.78, 5) is 28.3. The molecule has 3 rings (SSSR count). The third-order valence-corrected chi connectivity index (χ3v) is 7.84. The van der Waals surface area contributed by atoms with Gasteiger partial charge in [0.2, 0.25) is 21.8 Å². The van der Waals surface area contributed by atoms with Gasteiger partial charge in [0.05, 0.1) is 11.9 Å². The number of anilines is 1. The number of sulfonamides is 1. The number of hydrogen-bond donors (Lipinski definition) is 1. The van der Waals surface area contributed by atoms with E-state index >= 15 is 0 Å². The van der Waals surface area contributed by atoms with Gasteiger partial charge in [0.15, 0.2) is 0 Å². The Labute approximate surface area is 236 Å². The number of nitrogens with one attached hydrogen (secondary N) is 1. The summed E-state index contributed by atoms with van der Waals surface area (Å²) in [6.07, 6.45) is 1.86. The molecule has 0 heterocycles. The van der Waals surface area contributed by atoms with Crippen molar-refractivity contribution in [2.75, 3.05) is 24.2 Å². The van der Waals surface area contributed by atoms with Crippen molar-refractivity contribution in [3.8, 4) is 0 Å². The summed E-state index contributed by atoms with van der Waals surface area (Å²) < 4.78 is 26.6. The van der Waals surface area contributed by atoms with Crippen molar-refractivity contribution < 1.29 is 18.0 Å². The first-order chi connectivity index (χ1) is 18.5. The van der Waals surface area contributed by atoms with E-state index < -0.39 is 16.1 Å². The van der Waals surface area contributed by atoms with Crippen LogP contribution < -0.4 is 9.62 Å². The first-order valence-electron chi connectivity index (χ1n) is 12.8. The lowest BCUT2D eigenvalue weighted by molar-refractivity contribution is -0.141. The molecule has 0 aliphatic rings. The van der Waals surface area contributed by atoms with Gasteiger partial charge in [0.25, 0.3) is 0 Å². The van der Waals surface area contributed by atoms with Crippen molar-refractivity contribution in [2.24, 2.45) is 0 Å². The summed E-state index contributed by atoms with van der Waals surface area (Å²) in [7, 11) is -2.02. The van der Waals surface area contributed by atoms with Crippen molar-refractivity contribution in [2.45, 2.75) is 45.7 Å². The molecule has 0 radical (unpaired) electrons. The number of benzene rings is 3. The van der Waals surface area contributed by atoms with Gasteiger partial charge in [-0.05, 0) is 66.8 Å². The lowest BCUT2D eigenvalue weighted by atomic mass is 10.0. The van der Waals surface area contributed by atoms with Crippen LogP contribution in [0.1, 0.15) is 35.1 Å². The highest BCUT2D eigenvalue weighted by Crippen LogP contribution is 2.23. The first-order valence-corrected chi connectivity index (χ1v) is 15.1. The molecular weight excluding hydrogens is 534 g/mol. The zero-order chi connectivity index (χ0) is 28.6. The molecule has 0 spiro atoms. The number of amides is 2. The van der Waals surface area contributed by atoms with E-state index in [4.69, 9.17) is 11.6 Å². The number of nitrogens with zero attached hydrogens (tertiary/aromatic N) is 2. The number of halogens is 1. The third kappa shape index (κ3) is 8.83. The second kappa shape index (κ2) is 13.6. The second-order valence-corrected chi connectivity index (χ2v) is 12.1. The maximum absolute atomic E-state index is 13.7. The quantitative estimate of drug-likeness (QED) is 0.336. The van der Waals surface area contributed by atoms with Crippen LogP contribution in [-0.4, -0.2) is 51.0 Å². The molecule has 0 saturated heterocycles. The number of hydrogen-bond acceptors (Lipinski definition) is 4. The van der Waals surface area contributed by atoms with Crippen molar-refractivity contribution in [3.05, 3.63) is 100 Å². The third-order valence-electron chi connectivity index (χ3n) is 6.41. The predicted molar refractivity (Wildman–Crippen MR) is 157 cm³/mol. The summed E-state index contributed by atoms with van der Waals surface area (Å²) in [6, 6.07) is 21.6. The minimum absolute atomic E-state index is 0.0691. The van der Waals surface area contributed by atoms with Gasteiger partial charge in [-0.2, -0.15) is 0 Å². The van der Waals surface area contributed by atoms with Gasteiger partial charge >= 0.3 is 0 Å². The molecule has 1 N–H and O–H groups in total. The fourth-order valence-electron chi connectivity index (χ4n) is 4.65. The number of carbonyl (C=O) groups is 2. The Morgan fingerprint density at radius 3 is 2.15 bits per heavy atom. The van der Waals surface area contributed by atoms with Crippen LogP contribution in [0.25, 0.3) is 0 Å². The highest BCUT2D eigenvalue weighted by molar-refractivity contribution is 7.92. The molecule has 208 valence electrons. The molecular formula is C30H36ClN3O4S. The minimum atomic E-state index is -3.57. The van der Waals surface area contributed by atoms with E-state index in [1.807, 2.05) is 68.4 Å². The Balaban J connectivity index is 1.86. The number of aryl methyl sites for hydroxylation is 2. The lowest BCUT2D eigenvalue weighted by Crippen LogP contribution is -2.49. The molecule has 0 aliphatic carbocycles. The van der Waals surface area contributed by atoms with E-state index in [-0.39, 0.29) is 37.7 Å². The van der Waals surface area contributed by atoms with E-state index in [1.54, 1.807) is 30.1 Å². The fraction of sp³-hybridized carbons (Fsp3) is 0.333. The summed E-state index contributed by atoms with van der Waals surface area (Å²) in [5, 5.41) is 3.24. The van der Waals surface area contributed by atoms with Gasteiger partial charge in [-0.3, -0.25) is 13.9 Å². The van der Waals surface area contributed by atoms with E-state index in [9.17, 15) is 18.0 Å². The van der Waals surface area contributed by atoms with Gasteiger partial charge in [0.1, 0.15) is 6.04 Å². The Hall–Kier alpha value is -3.36. The summed E-state index contributed by atoms with van der Waals surface area (Å²) in [5.74, 6) is -0.518. The summed E-state index contributed by atoms with van der Waals surface area (Å²) >= 11 is 6.20. The SMILES string of the molecule is CNC(=O)[C@H](Cc1ccccc1)N(Cc1cccc(Cl)c1)C(=O)CCCN(c1cc(C)cc(C)c1)S(C)(=O)=O. The Morgan fingerprint density at radius 1 is 0.923 bits per heavy atom. The molecule has 0 aliphatic heterocycles. The van der Waals surface area contributed by atoms with E-state index in [0.29, 0.717) is 17.1 Å². The van der Waals surface area contributed by atoms with Crippen LogP contribution in [0, 0.1) is 13.8 Å². The molecule has 0 saturated carbocycles. The summed E-state index contributed by atoms with van der Waals surface area (Å²) in [5.41, 5.74) is 4.21. The van der Waals surface area contributed by atoms with Crippen LogP contribution in [0.4, 0.5) is 5.69 Å². The van der Waals surface area contributed by atoms with Crippen LogP contribution in [0.5, 0.6) is 0 Å². The molecule has 9 heteroatoms. The van der Waals surface area contributed by atoms with Gasteiger partial charge in [-0.1, -0.05) is 60.1 Å². The smallest absolute Gasteiger partial charge is 0.242 e. The fourth-order valence-corrected chi connectivity index (χ4v) is 5.81. The first kappa shape index (κ1) is 30.2. The maximum Gasteiger partial charge on any atom is 0.242 e. The molecule has 7 nitrogen and oxygen atoms in total. The molecule has 0 unspecified atom stereocenters. The highest BCUT2D eigenvalue weighted by atomic mass is 35.5. The molecule has 39 heavy (non-hydrogen) atoms. The molecule has 3 aromatic carbocycles. The number of likely N-dealkylation sites (N-methyl/N-ethyl adjacent to an activating group) is 1. The van der Waals surface area contributed by atoms with E-state index in [2.05, 4.69) is 5.32 Å². The normalized spacial score (nSPS) is 12.0. The molecule has 1 atom stereocenters. The highest BCUT2D eigenvalue weighted by Gasteiger charge is 2.30. The van der Waals surface area contributed by atoms with Gasteiger partial charge in [-0.25, -0.2) is 8.42 Å². The van der Waals surface area contributed by atoms with Crippen LogP contribution in [0.15, 0.2) is 72.8 Å². The molecule has 0 bridgehead atoms. The van der Waals surface area contributed by atoms with Crippen molar-refractivity contribution >= 4 is 39.1 Å². The summed E-state index contributed by atoms with van der Waals surface area (Å²) in [6.45, 7) is 4.17. The van der Waals surface area contributed by atoms with Gasteiger partial charge in [0, 0.05) is 38.0 Å². The zero-order valence-corrected chi connectivity index (χ0v) is 24.4. The monoisotopic (exact) mass is 569 g/mol. The molecule has 2 amide bonds. The Kier molecular flexibility index (Phi) is 10.5.